The maximum absolute atomic E-state index is 15.0. The third-order valence-corrected chi connectivity index (χ3v) is 19.5. The maximum Gasteiger partial charge on any atom is 0.426 e. The summed E-state index contributed by atoms with van der Waals surface area (Å²) in [6.45, 7) is 12.6. The van der Waals surface area contributed by atoms with Crippen LogP contribution in [0.15, 0.2) is 29.6 Å². The Morgan fingerprint density at radius 3 is 2.16 bits per heavy atom. The van der Waals surface area contributed by atoms with Crippen molar-refractivity contribution >= 4 is 92.1 Å². The molecule has 1 aliphatic rings. The van der Waals surface area contributed by atoms with Gasteiger partial charge in [0.05, 0.1) is 24.7 Å². The van der Waals surface area contributed by atoms with Gasteiger partial charge >= 0.3 is 24.0 Å². The molecule has 92 heavy (non-hydrogen) atoms. The fraction of sp³-hybridized carbons (Fsp3) is 0.694. The molecule has 11 N–H and O–H groups in total. The Bertz CT molecular complexity index is 2690. The lowest BCUT2D eigenvalue weighted by atomic mass is 9.82. The zero-order valence-corrected chi connectivity index (χ0v) is 56.6. The second kappa shape index (κ2) is 41.7. The molecular weight excluding hydrogens is 1260 g/mol. The zero-order chi connectivity index (χ0) is 68.8. The summed E-state index contributed by atoms with van der Waals surface area (Å²) in [6, 6.07) is 4.48. The van der Waals surface area contributed by atoms with Crippen molar-refractivity contribution < 1.29 is 97.9 Å². The number of likely N-dealkylation sites (N-methyl/N-ethyl adjacent to an activating group) is 1. The SMILES string of the molecule is CCCC(=O)OCN(C(=O)[C@@H](CC(=O)[C@H]1CCCCN1C)C(C)CC)[C@H](C[C@@H](OC(C)=O)c1nc(C(=O)N[C@@H](Cc2ccc(O)cc2)C[C@H](C)C(=O)NNC(=O)OCCSSC[C@H](CC(=O)[C@@H](C)CCC(=O)NC[C@H](O)[C@@H](O)[C@H](O)[C@H](O)CO)C(=O)O)cs1)C(C)C. The summed E-state index contributed by atoms with van der Waals surface area (Å²) in [7, 11) is 4.22. The van der Waals surface area contributed by atoms with Crippen molar-refractivity contribution in [1.29, 1.82) is 0 Å². The molecule has 1 aromatic carbocycles. The molecule has 5 amide bonds. The molecule has 0 radical (unpaired) electrons. The van der Waals surface area contributed by atoms with Gasteiger partial charge in [0.15, 0.2) is 18.6 Å². The van der Waals surface area contributed by atoms with Crippen LogP contribution in [0.25, 0.3) is 0 Å². The number of carbonyl (C=O) groups is 10. The lowest BCUT2D eigenvalue weighted by Gasteiger charge is -2.39. The van der Waals surface area contributed by atoms with E-state index in [0.29, 0.717) is 24.8 Å². The van der Waals surface area contributed by atoms with Gasteiger partial charge < -0.3 is 65.5 Å². The van der Waals surface area contributed by atoms with E-state index in [9.17, 15) is 73.8 Å². The molecule has 13 atom stereocenters. The molecule has 1 aromatic heterocycles. The summed E-state index contributed by atoms with van der Waals surface area (Å²) in [5.74, 6) is -8.74. The number of hydrogen-bond donors (Lipinski definition) is 11. The molecule has 1 aliphatic heterocycles. The average Bonchev–Trinajstić information content (AvgIpc) is 1.26. The number of aromatic hydroxyl groups is 1. The molecule has 1 saturated heterocycles. The van der Waals surface area contributed by atoms with Crippen molar-refractivity contribution in [3.05, 3.63) is 45.9 Å². The van der Waals surface area contributed by atoms with Crippen LogP contribution in [0.2, 0.25) is 0 Å². The van der Waals surface area contributed by atoms with Crippen LogP contribution in [0.3, 0.4) is 0 Å². The fourth-order valence-electron chi connectivity index (χ4n) is 10.2. The van der Waals surface area contributed by atoms with Crippen molar-refractivity contribution in [2.45, 2.75) is 188 Å². The van der Waals surface area contributed by atoms with Gasteiger partial charge in [-0.2, -0.15) is 0 Å². The number of phenolic OH excluding ortho intramolecular Hbond substituents is 1. The van der Waals surface area contributed by atoms with Gasteiger partial charge in [-0.3, -0.25) is 53.5 Å². The Hall–Kier alpha value is -5.99. The number of ether oxygens (including phenoxy) is 3. The van der Waals surface area contributed by atoms with Crippen LogP contribution in [-0.4, -0.2) is 204 Å². The Balaban J connectivity index is 1.64. The van der Waals surface area contributed by atoms with Crippen LogP contribution >= 0.6 is 32.9 Å². The topological polar surface area (TPSA) is 407 Å². The standard InChI is InChI=1S/C62H97N7O20S3/c1-10-14-54(78)88-34-69(60(83)44(36(5)11-2)28-49(74)46-15-12-13-22-68(46)9)47(35(3)4)29-52(89-39(8)71)59-65-45(33-90-59)58(82)64-42(26-40-17-19-43(72)20-18-40)25-38(7)57(81)66-67-62(86)87-23-24-91-92-32-41(61(84)85)27-48(73)37(6)16-21-53(77)63-30-50(75)55(79)56(80)51(76)31-70/h17-20,33,35-38,41-42,44,46-47,50-52,55-56,70,72,75-76,79-80H,10-16,21-32,34H2,1-9H3,(H,63,77)(H,64,82)(H,66,81)(H,67,86)(H,84,85)/t36?,37-,38-,41-,42+,44-,46+,47+,50-,51+,52+,55+,56+/m0/s1. The fourth-order valence-corrected chi connectivity index (χ4v) is 13.2. The third-order valence-electron chi connectivity index (χ3n) is 16.1. The summed E-state index contributed by atoms with van der Waals surface area (Å²) >= 11 is 1.05. The van der Waals surface area contributed by atoms with E-state index in [1.165, 1.54) is 47.1 Å². The largest absolute Gasteiger partial charge is 0.508 e. The first kappa shape index (κ1) is 80.2. The number of aromatic nitrogens is 1. The predicted octanol–water partition coefficient (Wildman–Crippen LogP) is 4.24. The van der Waals surface area contributed by atoms with Gasteiger partial charge in [-0.1, -0.05) is 95.0 Å². The molecule has 518 valence electrons. The number of nitrogens with one attached hydrogen (secondary N) is 4. The number of hydrogen-bond acceptors (Lipinski definition) is 24. The van der Waals surface area contributed by atoms with Crippen LogP contribution in [0, 0.1) is 35.5 Å². The van der Waals surface area contributed by atoms with E-state index >= 15 is 4.79 Å². The predicted molar refractivity (Wildman–Crippen MR) is 343 cm³/mol. The van der Waals surface area contributed by atoms with Crippen molar-refractivity contribution in [3.8, 4) is 5.75 Å². The number of likely N-dealkylation sites (tertiary alicyclic amines) is 1. The first-order chi connectivity index (χ1) is 43.5. The van der Waals surface area contributed by atoms with Gasteiger partial charge in [-0.25, -0.2) is 15.2 Å². The molecule has 27 nitrogen and oxygen atoms in total. The van der Waals surface area contributed by atoms with Gasteiger partial charge in [0.2, 0.25) is 17.7 Å². The Morgan fingerprint density at radius 1 is 0.859 bits per heavy atom. The molecule has 0 spiro atoms. The Kier molecular flexibility index (Phi) is 36.3. The minimum absolute atomic E-state index is 0.00651. The highest BCUT2D eigenvalue weighted by molar-refractivity contribution is 8.76. The van der Waals surface area contributed by atoms with Crippen LogP contribution in [0.4, 0.5) is 4.79 Å². The highest BCUT2D eigenvalue weighted by Gasteiger charge is 2.40. The average molecular weight is 1360 g/mol. The normalized spacial score (nSPS) is 17.4. The van der Waals surface area contributed by atoms with E-state index in [2.05, 4.69) is 26.5 Å². The number of aliphatic hydroxyl groups excluding tert-OH is 5. The minimum atomic E-state index is -1.87. The highest BCUT2D eigenvalue weighted by Crippen LogP contribution is 2.34. The number of esters is 2. The van der Waals surface area contributed by atoms with E-state index < -0.39 is 134 Å². The van der Waals surface area contributed by atoms with Gasteiger partial charge in [0, 0.05) is 92.3 Å². The number of nitrogens with zero attached hydrogens (tertiary/aromatic N) is 3. The molecule has 0 bridgehead atoms. The van der Waals surface area contributed by atoms with E-state index in [-0.39, 0.29) is 115 Å². The maximum atomic E-state index is 15.0. The Labute approximate surface area is 550 Å². The van der Waals surface area contributed by atoms with Gasteiger partial charge in [0.25, 0.3) is 5.91 Å². The second-order valence-corrected chi connectivity index (χ2v) is 27.4. The van der Waals surface area contributed by atoms with Gasteiger partial charge in [-0.05, 0) is 81.6 Å². The summed E-state index contributed by atoms with van der Waals surface area (Å²) in [4.78, 5) is 140. The number of phenols is 1. The molecular formula is C62H97N7O20S3. The van der Waals surface area contributed by atoms with Gasteiger partial charge in [0.1, 0.15) is 47.2 Å². The van der Waals surface area contributed by atoms with E-state index in [0.717, 1.165) is 41.5 Å². The van der Waals surface area contributed by atoms with Crippen molar-refractivity contribution in [2.75, 3.05) is 51.6 Å². The number of thiazole rings is 1. The summed E-state index contributed by atoms with van der Waals surface area (Å²) in [5.41, 5.74) is 5.16. The van der Waals surface area contributed by atoms with Crippen molar-refractivity contribution in [2.24, 2.45) is 35.5 Å². The summed E-state index contributed by atoms with van der Waals surface area (Å²) < 4.78 is 16.8. The van der Waals surface area contributed by atoms with Crippen molar-refractivity contribution in [3.63, 3.8) is 0 Å². The number of carbonyl (C=O) groups excluding carboxylic acids is 9. The molecule has 0 saturated carbocycles. The molecule has 2 aromatic rings. The smallest absolute Gasteiger partial charge is 0.426 e. The molecule has 30 heteroatoms. The number of benzene rings is 1. The number of aliphatic carboxylic acids is 1. The van der Waals surface area contributed by atoms with Crippen LogP contribution in [-0.2, 0) is 59.0 Å². The number of rotatable bonds is 42. The second-order valence-electron chi connectivity index (χ2n) is 23.9. The quantitative estimate of drug-likeness (QED) is 0.0111. The highest BCUT2D eigenvalue weighted by atomic mass is 33.1. The Morgan fingerprint density at radius 2 is 1.54 bits per heavy atom. The number of carboxylic acid groups (broad SMARTS) is 1. The van der Waals surface area contributed by atoms with Crippen LogP contribution in [0.5, 0.6) is 5.75 Å². The number of Topliss-reactive ketones (excluding diaryl/α,β-unsaturated/α-hetero) is 2. The first-order valence-electron chi connectivity index (χ1n) is 31.2. The number of piperidine rings is 1. The summed E-state index contributed by atoms with van der Waals surface area (Å²) in [6.07, 6.45) is -5.67. The lowest BCUT2D eigenvalue weighted by Crippen LogP contribution is -2.50. The lowest BCUT2D eigenvalue weighted by molar-refractivity contribution is -0.162. The summed E-state index contributed by atoms with van der Waals surface area (Å²) in [5, 5.41) is 74.9. The number of carboxylic acids is 1. The third kappa shape index (κ3) is 27.9. The number of hydrazine groups is 1. The number of aliphatic hydroxyl groups is 5. The molecule has 3 rings (SSSR count). The number of amides is 5. The van der Waals surface area contributed by atoms with Gasteiger partial charge in [-0.15, -0.1) is 11.3 Å². The molecule has 1 fully saturated rings. The van der Waals surface area contributed by atoms with Crippen LogP contribution in [0.1, 0.15) is 160 Å². The molecule has 2 heterocycles. The van der Waals surface area contributed by atoms with E-state index in [1.807, 2.05) is 46.6 Å². The monoisotopic (exact) mass is 1360 g/mol. The molecule has 1 unspecified atom stereocenters. The first-order valence-corrected chi connectivity index (χ1v) is 34.6. The van der Waals surface area contributed by atoms with E-state index in [1.54, 1.807) is 19.1 Å². The van der Waals surface area contributed by atoms with Crippen molar-refractivity contribution in [1.82, 2.24) is 36.3 Å². The van der Waals surface area contributed by atoms with E-state index in [4.69, 9.17) is 19.3 Å². The zero-order valence-electron chi connectivity index (χ0n) is 54.1. The minimum Gasteiger partial charge on any atom is -0.508 e. The van der Waals surface area contributed by atoms with Crippen LogP contribution < -0.4 is 21.5 Å². The number of ketones is 2. The molecule has 0 aliphatic carbocycles.